The van der Waals surface area contributed by atoms with Crippen molar-refractivity contribution in [2.45, 2.75) is 52.2 Å². The molecule has 0 bridgehead atoms. The second kappa shape index (κ2) is 4.61. The molecule has 0 aromatic carbocycles. The highest BCUT2D eigenvalue weighted by Crippen LogP contribution is 2.26. The van der Waals surface area contributed by atoms with Crippen molar-refractivity contribution < 1.29 is 4.74 Å². The van der Waals surface area contributed by atoms with Crippen LogP contribution in [0.1, 0.15) is 38.1 Å². The molecule has 1 aromatic heterocycles. The van der Waals surface area contributed by atoms with Gasteiger partial charge in [0.25, 0.3) is 0 Å². The Morgan fingerprint density at radius 2 is 2.18 bits per heavy atom. The van der Waals surface area contributed by atoms with Gasteiger partial charge in [-0.15, -0.1) is 0 Å². The van der Waals surface area contributed by atoms with E-state index in [1.54, 1.807) is 6.20 Å². The summed E-state index contributed by atoms with van der Waals surface area (Å²) >= 11 is 0. The van der Waals surface area contributed by atoms with Gasteiger partial charge in [0.15, 0.2) is 0 Å². The molecule has 1 atom stereocenters. The molecule has 0 amide bonds. The first-order valence-corrected chi connectivity index (χ1v) is 6.17. The van der Waals surface area contributed by atoms with E-state index in [4.69, 9.17) is 4.74 Å². The third-order valence-electron chi connectivity index (χ3n) is 3.11. The molecule has 4 heteroatoms. The van der Waals surface area contributed by atoms with Crippen LogP contribution in [0.25, 0.3) is 0 Å². The lowest BCUT2D eigenvalue weighted by Crippen LogP contribution is -2.40. The summed E-state index contributed by atoms with van der Waals surface area (Å²) in [6.07, 6.45) is 3.83. The van der Waals surface area contributed by atoms with Crippen LogP contribution in [0.4, 0.5) is 5.82 Å². The van der Waals surface area contributed by atoms with E-state index in [2.05, 4.69) is 29.1 Å². The molecule has 0 aliphatic carbocycles. The fraction of sp³-hybridized carbons (Fsp3) is 0.692. The first-order valence-electron chi connectivity index (χ1n) is 6.17. The third-order valence-corrected chi connectivity index (χ3v) is 3.11. The van der Waals surface area contributed by atoms with Crippen molar-refractivity contribution in [1.82, 2.24) is 9.97 Å². The molecule has 17 heavy (non-hydrogen) atoms. The molecule has 94 valence electrons. The van der Waals surface area contributed by atoms with Gasteiger partial charge in [0.1, 0.15) is 5.82 Å². The highest BCUT2D eigenvalue weighted by atomic mass is 16.5. The van der Waals surface area contributed by atoms with Crippen molar-refractivity contribution in [3.63, 3.8) is 0 Å². The van der Waals surface area contributed by atoms with E-state index in [9.17, 15) is 0 Å². The van der Waals surface area contributed by atoms with Crippen molar-refractivity contribution in [3.8, 4) is 0 Å². The summed E-state index contributed by atoms with van der Waals surface area (Å²) in [4.78, 5) is 8.82. The molecule has 1 aliphatic rings. The SMILES string of the molecule is Cc1cnc(C)c(NC2CCOC(C)(C)C2)n1. The van der Waals surface area contributed by atoms with Crippen LogP contribution in [0, 0.1) is 13.8 Å². The highest BCUT2D eigenvalue weighted by Gasteiger charge is 2.29. The third kappa shape index (κ3) is 3.16. The fourth-order valence-corrected chi connectivity index (χ4v) is 2.22. The van der Waals surface area contributed by atoms with E-state index >= 15 is 0 Å². The molecule has 4 nitrogen and oxygen atoms in total. The summed E-state index contributed by atoms with van der Waals surface area (Å²) in [5, 5.41) is 3.49. The number of nitrogens with zero attached hydrogens (tertiary/aromatic N) is 2. The second-order valence-corrected chi connectivity index (χ2v) is 5.39. The number of aryl methyl sites for hydroxylation is 2. The molecule has 2 heterocycles. The lowest BCUT2D eigenvalue weighted by Gasteiger charge is -2.36. The number of rotatable bonds is 2. The molecule has 1 fully saturated rings. The molecule has 1 unspecified atom stereocenters. The number of aromatic nitrogens is 2. The molecule has 0 spiro atoms. The van der Waals surface area contributed by atoms with Gasteiger partial charge in [0.05, 0.1) is 17.0 Å². The van der Waals surface area contributed by atoms with Crippen LogP contribution in [0.3, 0.4) is 0 Å². The summed E-state index contributed by atoms with van der Waals surface area (Å²) in [6.45, 7) is 9.03. The molecule has 1 saturated heterocycles. The van der Waals surface area contributed by atoms with Gasteiger partial charge >= 0.3 is 0 Å². The van der Waals surface area contributed by atoms with Crippen molar-refractivity contribution in [1.29, 1.82) is 0 Å². The Morgan fingerprint density at radius 1 is 1.41 bits per heavy atom. The van der Waals surface area contributed by atoms with E-state index in [0.717, 1.165) is 36.7 Å². The van der Waals surface area contributed by atoms with Gasteiger partial charge in [0, 0.05) is 18.8 Å². The summed E-state index contributed by atoms with van der Waals surface area (Å²) in [5.74, 6) is 0.910. The predicted octanol–water partition coefficient (Wildman–Crippen LogP) is 2.46. The van der Waals surface area contributed by atoms with Crippen LogP contribution < -0.4 is 5.32 Å². The number of hydrogen-bond acceptors (Lipinski definition) is 4. The van der Waals surface area contributed by atoms with Gasteiger partial charge < -0.3 is 10.1 Å². The second-order valence-electron chi connectivity index (χ2n) is 5.39. The van der Waals surface area contributed by atoms with Gasteiger partial charge in [-0.3, -0.25) is 4.98 Å². The molecule has 1 aromatic rings. The lowest BCUT2D eigenvalue weighted by atomic mass is 9.94. The molecule has 1 aliphatic heterocycles. The molecular weight excluding hydrogens is 214 g/mol. The monoisotopic (exact) mass is 235 g/mol. The molecule has 1 N–H and O–H groups in total. The van der Waals surface area contributed by atoms with Gasteiger partial charge in [-0.1, -0.05) is 0 Å². The normalized spacial score (nSPS) is 23.4. The van der Waals surface area contributed by atoms with Crippen LogP contribution in [-0.2, 0) is 4.74 Å². The summed E-state index contributed by atoms with van der Waals surface area (Å²) < 4.78 is 5.71. The van der Waals surface area contributed by atoms with Gasteiger partial charge in [-0.2, -0.15) is 0 Å². The highest BCUT2D eigenvalue weighted by molar-refractivity contribution is 5.40. The van der Waals surface area contributed by atoms with Crippen molar-refractivity contribution in [2.24, 2.45) is 0 Å². The first kappa shape index (κ1) is 12.3. The minimum absolute atomic E-state index is 0.0406. The van der Waals surface area contributed by atoms with Crippen LogP contribution in [0.15, 0.2) is 6.20 Å². The van der Waals surface area contributed by atoms with Gasteiger partial charge in [-0.25, -0.2) is 4.98 Å². The van der Waals surface area contributed by atoms with E-state index in [0.29, 0.717) is 6.04 Å². The average molecular weight is 235 g/mol. The van der Waals surface area contributed by atoms with Crippen LogP contribution in [-0.4, -0.2) is 28.2 Å². The zero-order valence-electron chi connectivity index (χ0n) is 11.1. The Kier molecular flexibility index (Phi) is 3.33. The number of ether oxygens (including phenoxy) is 1. The van der Waals surface area contributed by atoms with Crippen molar-refractivity contribution >= 4 is 5.82 Å². The van der Waals surface area contributed by atoms with E-state index in [1.165, 1.54) is 0 Å². The standard InChI is InChI=1S/C13H21N3O/c1-9-8-14-10(2)12(15-9)16-11-5-6-17-13(3,4)7-11/h8,11H,5-7H2,1-4H3,(H,15,16). The lowest BCUT2D eigenvalue weighted by molar-refractivity contribution is -0.0553. The van der Waals surface area contributed by atoms with Crippen LogP contribution >= 0.6 is 0 Å². The number of anilines is 1. The maximum absolute atomic E-state index is 5.71. The predicted molar refractivity (Wildman–Crippen MR) is 68.2 cm³/mol. The zero-order chi connectivity index (χ0) is 12.5. The van der Waals surface area contributed by atoms with Crippen molar-refractivity contribution in [3.05, 3.63) is 17.6 Å². The summed E-state index contributed by atoms with van der Waals surface area (Å²) in [7, 11) is 0. The Morgan fingerprint density at radius 3 is 2.88 bits per heavy atom. The average Bonchev–Trinajstić information content (AvgIpc) is 2.22. The Labute approximate surface area is 103 Å². The summed E-state index contributed by atoms with van der Waals surface area (Å²) in [5.41, 5.74) is 1.87. The number of nitrogens with one attached hydrogen (secondary N) is 1. The minimum atomic E-state index is -0.0406. The van der Waals surface area contributed by atoms with E-state index in [-0.39, 0.29) is 5.60 Å². The van der Waals surface area contributed by atoms with Crippen LogP contribution in [0.2, 0.25) is 0 Å². The largest absolute Gasteiger partial charge is 0.375 e. The summed E-state index contributed by atoms with van der Waals surface area (Å²) in [6, 6.07) is 0.425. The molecular formula is C13H21N3O. The molecule has 2 rings (SSSR count). The first-order chi connectivity index (χ1) is 7.96. The maximum Gasteiger partial charge on any atom is 0.147 e. The Hall–Kier alpha value is -1.16. The van der Waals surface area contributed by atoms with Crippen LogP contribution in [0.5, 0.6) is 0 Å². The minimum Gasteiger partial charge on any atom is -0.375 e. The zero-order valence-corrected chi connectivity index (χ0v) is 11.1. The van der Waals surface area contributed by atoms with Gasteiger partial charge in [-0.05, 0) is 40.5 Å². The Bertz CT molecular complexity index is 404. The quantitative estimate of drug-likeness (QED) is 0.855. The molecule has 0 saturated carbocycles. The Balaban J connectivity index is 2.07. The van der Waals surface area contributed by atoms with Gasteiger partial charge in [0.2, 0.25) is 0 Å². The molecule has 0 radical (unpaired) electrons. The van der Waals surface area contributed by atoms with E-state index < -0.39 is 0 Å². The van der Waals surface area contributed by atoms with E-state index in [1.807, 2.05) is 13.8 Å². The maximum atomic E-state index is 5.71. The fourth-order valence-electron chi connectivity index (χ4n) is 2.22. The number of hydrogen-bond donors (Lipinski definition) is 1. The smallest absolute Gasteiger partial charge is 0.147 e. The topological polar surface area (TPSA) is 47.0 Å². The van der Waals surface area contributed by atoms with Crippen molar-refractivity contribution in [2.75, 3.05) is 11.9 Å².